The molecule has 2 amide bonds. The molecule has 10 heteroatoms. The van der Waals surface area contributed by atoms with Crippen molar-refractivity contribution in [2.45, 2.75) is 70.1 Å². The first-order valence-corrected chi connectivity index (χ1v) is 14.2. The van der Waals surface area contributed by atoms with Gasteiger partial charge in [-0.3, -0.25) is 19.7 Å². The number of benzene rings is 2. The second-order valence-electron chi connectivity index (χ2n) is 10.4. The number of carbonyl (C=O) groups is 2. The third-order valence-electron chi connectivity index (χ3n) is 7.33. The number of ether oxygens (including phenoxy) is 3. The lowest BCUT2D eigenvalue weighted by molar-refractivity contribution is -0.253. The van der Waals surface area contributed by atoms with Crippen molar-refractivity contribution in [3.63, 3.8) is 0 Å². The topological polar surface area (TPSA) is 130 Å². The van der Waals surface area contributed by atoms with E-state index in [1.54, 1.807) is 5.48 Å². The van der Waals surface area contributed by atoms with Gasteiger partial charge in [0, 0.05) is 50.1 Å². The van der Waals surface area contributed by atoms with Crippen molar-refractivity contribution < 1.29 is 34.1 Å². The Hall–Kier alpha value is -2.86. The second kappa shape index (κ2) is 15.8. The molecule has 10 nitrogen and oxygen atoms in total. The largest absolute Gasteiger partial charge is 0.392 e. The van der Waals surface area contributed by atoms with Gasteiger partial charge in [-0.05, 0) is 36.1 Å². The molecule has 0 aromatic heterocycles. The van der Waals surface area contributed by atoms with Gasteiger partial charge in [0.15, 0.2) is 6.29 Å². The Labute approximate surface area is 235 Å². The van der Waals surface area contributed by atoms with Crippen LogP contribution in [0.2, 0.25) is 0 Å². The van der Waals surface area contributed by atoms with Crippen LogP contribution in [-0.2, 0) is 30.4 Å². The van der Waals surface area contributed by atoms with Crippen molar-refractivity contribution in [1.29, 1.82) is 0 Å². The van der Waals surface area contributed by atoms with Crippen molar-refractivity contribution in [2.75, 3.05) is 38.2 Å². The Morgan fingerprint density at radius 2 is 1.50 bits per heavy atom. The zero-order valence-electron chi connectivity index (χ0n) is 22.9. The van der Waals surface area contributed by atoms with Crippen molar-refractivity contribution in [1.82, 2.24) is 10.4 Å². The van der Waals surface area contributed by atoms with Crippen molar-refractivity contribution in [3.05, 3.63) is 65.2 Å². The minimum absolute atomic E-state index is 0.00555. The Morgan fingerprint density at radius 1 is 0.850 bits per heavy atom. The fourth-order valence-corrected chi connectivity index (χ4v) is 5.03. The standard InChI is InChI=1S/C30H41N3O7/c34-21-22-7-9-23(10-8-22)27-19-26(20-33-15-17-38-18-16-33)39-30(40-27)24-11-13-25(14-12-24)31-28(35)5-3-1-2-4-6-29(36)32-37/h7-14,26-27,30,34,37H,1-6,15-21H2,(H,31,35)(H,32,36). The molecular weight excluding hydrogens is 514 g/mol. The molecule has 2 aromatic carbocycles. The van der Waals surface area contributed by atoms with E-state index in [0.717, 1.165) is 75.2 Å². The summed E-state index contributed by atoms with van der Waals surface area (Å²) >= 11 is 0. The molecule has 0 radical (unpaired) electrons. The summed E-state index contributed by atoms with van der Waals surface area (Å²) in [5, 5.41) is 20.9. The normalized spacial score (nSPS) is 21.6. The number of nitrogens with zero attached hydrogens (tertiary/aromatic N) is 1. The minimum atomic E-state index is -0.542. The third kappa shape index (κ3) is 9.36. The maximum atomic E-state index is 12.4. The average molecular weight is 556 g/mol. The fourth-order valence-electron chi connectivity index (χ4n) is 5.03. The average Bonchev–Trinajstić information content (AvgIpc) is 2.99. The summed E-state index contributed by atoms with van der Waals surface area (Å²) in [5.74, 6) is -0.437. The van der Waals surface area contributed by atoms with Crippen LogP contribution in [0.3, 0.4) is 0 Å². The maximum Gasteiger partial charge on any atom is 0.243 e. The van der Waals surface area contributed by atoms with Gasteiger partial charge in [0.2, 0.25) is 11.8 Å². The van der Waals surface area contributed by atoms with Gasteiger partial charge >= 0.3 is 0 Å². The highest BCUT2D eigenvalue weighted by Crippen LogP contribution is 2.38. The Kier molecular flexibility index (Phi) is 11.9. The van der Waals surface area contributed by atoms with E-state index in [2.05, 4.69) is 10.2 Å². The first kappa shape index (κ1) is 30.1. The monoisotopic (exact) mass is 555 g/mol. The molecule has 0 aliphatic carbocycles. The minimum Gasteiger partial charge on any atom is -0.392 e. The summed E-state index contributed by atoms with van der Waals surface area (Å²) in [6, 6.07) is 15.4. The second-order valence-corrected chi connectivity index (χ2v) is 10.4. The lowest BCUT2D eigenvalue weighted by atomic mass is 9.99. The molecule has 40 heavy (non-hydrogen) atoms. The Morgan fingerprint density at radius 3 is 2.15 bits per heavy atom. The summed E-state index contributed by atoms with van der Waals surface area (Å²) < 4.78 is 18.4. The molecule has 2 heterocycles. The number of unbranched alkanes of at least 4 members (excludes halogenated alkanes) is 3. The van der Waals surface area contributed by atoms with Gasteiger partial charge in [-0.15, -0.1) is 0 Å². The number of hydroxylamine groups is 1. The van der Waals surface area contributed by atoms with Crippen LogP contribution in [0.25, 0.3) is 0 Å². The smallest absolute Gasteiger partial charge is 0.243 e. The predicted octanol–water partition coefficient (Wildman–Crippen LogP) is 3.84. The van der Waals surface area contributed by atoms with Gasteiger partial charge in [-0.25, -0.2) is 5.48 Å². The number of aliphatic hydroxyl groups excluding tert-OH is 1. The lowest BCUT2D eigenvalue weighted by Gasteiger charge is -2.39. The predicted molar refractivity (Wildman–Crippen MR) is 148 cm³/mol. The molecule has 218 valence electrons. The van der Waals surface area contributed by atoms with E-state index >= 15 is 0 Å². The van der Waals surface area contributed by atoms with E-state index < -0.39 is 6.29 Å². The zero-order valence-corrected chi connectivity index (χ0v) is 22.9. The van der Waals surface area contributed by atoms with Crippen LogP contribution in [0.1, 0.15) is 74.0 Å². The lowest BCUT2D eigenvalue weighted by Crippen LogP contribution is -2.44. The van der Waals surface area contributed by atoms with E-state index in [-0.39, 0.29) is 37.0 Å². The van der Waals surface area contributed by atoms with Gasteiger partial charge in [-0.2, -0.15) is 0 Å². The van der Waals surface area contributed by atoms with Gasteiger partial charge < -0.3 is 24.6 Å². The highest BCUT2D eigenvalue weighted by molar-refractivity contribution is 5.90. The number of nitrogens with one attached hydrogen (secondary N) is 2. The van der Waals surface area contributed by atoms with Crippen LogP contribution in [0.5, 0.6) is 0 Å². The Balaban J connectivity index is 1.32. The van der Waals surface area contributed by atoms with Crippen molar-refractivity contribution >= 4 is 17.5 Å². The van der Waals surface area contributed by atoms with Crippen LogP contribution in [0.4, 0.5) is 5.69 Å². The number of hydrogen-bond acceptors (Lipinski definition) is 8. The zero-order chi connectivity index (χ0) is 28.2. The van der Waals surface area contributed by atoms with E-state index in [1.807, 2.05) is 48.5 Å². The third-order valence-corrected chi connectivity index (χ3v) is 7.33. The highest BCUT2D eigenvalue weighted by atomic mass is 16.7. The molecule has 0 bridgehead atoms. The molecule has 2 saturated heterocycles. The summed E-state index contributed by atoms with van der Waals surface area (Å²) in [6.07, 6.45) is 3.81. The van der Waals surface area contributed by atoms with Crippen LogP contribution >= 0.6 is 0 Å². The number of aliphatic hydroxyl groups is 1. The molecule has 0 saturated carbocycles. The van der Waals surface area contributed by atoms with Crippen molar-refractivity contribution in [2.24, 2.45) is 0 Å². The molecule has 2 aliphatic heterocycles. The quantitative estimate of drug-likeness (QED) is 0.167. The SMILES string of the molecule is O=C(CCCCCCC(=O)Nc1ccc(C2OC(CN3CCOCC3)CC(c3ccc(CO)cc3)O2)cc1)NO. The summed E-state index contributed by atoms with van der Waals surface area (Å²) in [7, 11) is 0. The molecule has 2 aliphatic rings. The molecule has 3 atom stereocenters. The van der Waals surface area contributed by atoms with Crippen molar-refractivity contribution in [3.8, 4) is 0 Å². The van der Waals surface area contributed by atoms with Crippen LogP contribution in [-0.4, -0.2) is 66.0 Å². The van der Waals surface area contributed by atoms with Crippen LogP contribution < -0.4 is 10.8 Å². The maximum absolute atomic E-state index is 12.4. The van der Waals surface area contributed by atoms with Gasteiger partial charge in [0.05, 0.1) is 32.0 Å². The van der Waals surface area contributed by atoms with E-state index in [1.165, 1.54) is 0 Å². The molecule has 2 aromatic rings. The van der Waals surface area contributed by atoms with Gasteiger partial charge in [-0.1, -0.05) is 49.2 Å². The molecule has 4 N–H and O–H groups in total. The first-order valence-electron chi connectivity index (χ1n) is 14.2. The van der Waals surface area contributed by atoms with Gasteiger partial charge in [0.1, 0.15) is 0 Å². The number of amides is 2. The fraction of sp³-hybridized carbons (Fsp3) is 0.533. The summed E-state index contributed by atoms with van der Waals surface area (Å²) in [6.45, 7) is 4.04. The molecule has 3 unspecified atom stereocenters. The van der Waals surface area contributed by atoms with Crippen LogP contribution in [0, 0.1) is 0 Å². The number of anilines is 1. The van der Waals surface area contributed by atoms with Crippen LogP contribution in [0.15, 0.2) is 48.5 Å². The number of carbonyl (C=O) groups excluding carboxylic acids is 2. The molecule has 4 rings (SSSR count). The van der Waals surface area contributed by atoms with E-state index in [9.17, 15) is 14.7 Å². The molecule has 0 spiro atoms. The number of morpholine rings is 1. The summed E-state index contributed by atoms with van der Waals surface area (Å²) in [5.41, 5.74) is 5.14. The van der Waals surface area contributed by atoms with E-state index in [0.29, 0.717) is 18.5 Å². The summed E-state index contributed by atoms with van der Waals surface area (Å²) in [4.78, 5) is 25.8. The first-order chi connectivity index (χ1) is 19.5. The van der Waals surface area contributed by atoms with Gasteiger partial charge in [0.25, 0.3) is 0 Å². The molecule has 2 fully saturated rings. The number of rotatable bonds is 13. The van der Waals surface area contributed by atoms with E-state index in [4.69, 9.17) is 19.4 Å². The Bertz CT molecular complexity index is 1060. The highest BCUT2D eigenvalue weighted by Gasteiger charge is 2.33. The number of hydrogen-bond donors (Lipinski definition) is 4. The molecular formula is C30H41N3O7.